The molecule has 1 fully saturated rings. The number of H-pyrrole nitrogens is 1. The Labute approximate surface area is 310 Å². The van der Waals surface area contributed by atoms with E-state index in [2.05, 4.69) is 20.5 Å². The predicted octanol–water partition coefficient (Wildman–Crippen LogP) is 9.24. The zero-order valence-electron chi connectivity index (χ0n) is 27.9. The second-order valence-corrected chi connectivity index (χ2v) is 13.8. The Morgan fingerprint density at radius 2 is 1.73 bits per heavy atom. The molecule has 6 aromatic rings. The maximum absolute atomic E-state index is 14.7. The van der Waals surface area contributed by atoms with Gasteiger partial charge in [0.05, 0.1) is 42.2 Å². The number of hydrogen-bond acceptors (Lipinski definition) is 5. The summed E-state index contributed by atoms with van der Waals surface area (Å²) in [5.41, 5.74) is 6.32. The fourth-order valence-corrected chi connectivity index (χ4v) is 7.61. The number of ether oxygens (including phenoxy) is 1. The molecule has 260 valence electrons. The Morgan fingerprint density at radius 3 is 2.45 bits per heavy atom. The number of amides is 2. The Kier molecular flexibility index (Phi) is 9.95. The van der Waals surface area contributed by atoms with E-state index in [0.29, 0.717) is 62.1 Å². The maximum Gasteiger partial charge on any atom is 0.272 e. The average Bonchev–Trinajstić information content (AvgIpc) is 3.74. The van der Waals surface area contributed by atoms with Crippen LogP contribution in [-0.4, -0.2) is 53.1 Å². The molecule has 2 amide bonds. The number of halogens is 3. The first-order chi connectivity index (χ1) is 24.7. The number of carbonyl (C=O) groups excluding carboxylic acids is 2. The first-order valence-electron chi connectivity index (χ1n) is 16.6. The van der Waals surface area contributed by atoms with Crippen LogP contribution in [-0.2, 0) is 4.79 Å². The number of imidazole rings is 1. The summed E-state index contributed by atoms with van der Waals surface area (Å²) in [7, 11) is 1.59. The van der Waals surface area contributed by atoms with E-state index in [1.165, 1.54) is 0 Å². The van der Waals surface area contributed by atoms with Gasteiger partial charge < -0.3 is 29.8 Å². The molecule has 12 heteroatoms. The summed E-state index contributed by atoms with van der Waals surface area (Å²) < 4.78 is 7.61. The Morgan fingerprint density at radius 1 is 0.980 bits per heavy atom. The minimum atomic E-state index is -0.353. The van der Waals surface area contributed by atoms with Crippen LogP contribution < -0.4 is 20.3 Å². The molecular formula is C39H35Cl3N6O3. The molecule has 3 heterocycles. The van der Waals surface area contributed by atoms with Crippen molar-refractivity contribution in [2.24, 2.45) is 0 Å². The van der Waals surface area contributed by atoms with Gasteiger partial charge in [0.25, 0.3) is 5.91 Å². The normalized spacial score (nSPS) is 14.0. The summed E-state index contributed by atoms with van der Waals surface area (Å²) in [5.74, 6) is 0.251. The molecule has 1 saturated heterocycles. The van der Waals surface area contributed by atoms with Crippen molar-refractivity contribution in [1.82, 2.24) is 19.9 Å². The lowest BCUT2D eigenvalue weighted by molar-refractivity contribution is -0.110. The molecule has 1 aliphatic heterocycles. The van der Waals surface area contributed by atoms with E-state index in [9.17, 15) is 9.59 Å². The lowest BCUT2D eigenvalue weighted by Crippen LogP contribution is -2.42. The van der Waals surface area contributed by atoms with Crippen LogP contribution in [0.4, 0.5) is 11.4 Å². The van der Waals surface area contributed by atoms with Crippen LogP contribution in [0.15, 0.2) is 91.3 Å². The number of carbonyl (C=O) groups is 2. The van der Waals surface area contributed by atoms with Crippen molar-refractivity contribution < 1.29 is 14.3 Å². The van der Waals surface area contributed by atoms with E-state index in [1.807, 2.05) is 90.4 Å². The molecule has 0 radical (unpaired) electrons. The maximum atomic E-state index is 14.7. The van der Waals surface area contributed by atoms with E-state index in [4.69, 9.17) is 44.5 Å². The van der Waals surface area contributed by atoms with Gasteiger partial charge in [0.15, 0.2) is 0 Å². The number of aromatic amines is 1. The summed E-state index contributed by atoms with van der Waals surface area (Å²) in [6.07, 6.45) is 4.11. The van der Waals surface area contributed by atoms with Crippen LogP contribution >= 0.6 is 34.8 Å². The Balaban J connectivity index is 1.38. The van der Waals surface area contributed by atoms with Crippen molar-refractivity contribution in [3.8, 4) is 28.3 Å². The van der Waals surface area contributed by atoms with Crippen molar-refractivity contribution >= 4 is 69.4 Å². The molecule has 9 nitrogen and oxygen atoms in total. The SMILES string of the molecule is COc1ccc(N2CCC(NC=O)CC2)c(NC(=O)c2[nH]c3cc(Cl)ccc3c2-c2c(-c3ccccc3)ncn2C(C)c2ccc(Cl)cc2Cl)c1. The monoisotopic (exact) mass is 740 g/mol. The third-order valence-corrected chi connectivity index (χ3v) is 10.3. The molecule has 1 atom stereocenters. The van der Waals surface area contributed by atoms with Crippen LogP contribution in [0.25, 0.3) is 33.4 Å². The van der Waals surface area contributed by atoms with Crippen LogP contribution in [0.5, 0.6) is 5.75 Å². The zero-order valence-corrected chi connectivity index (χ0v) is 30.2. The highest BCUT2D eigenvalue weighted by Gasteiger charge is 2.29. The van der Waals surface area contributed by atoms with Gasteiger partial charge in [-0.25, -0.2) is 4.98 Å². The van der Waals surface area contributed by atoms with E-state index in [-0.39, 0.29) is 18.0 Å². The Bertz CT molecular complexity index is 2230. The van der Waals surface area contributed by atoms with Gasteiger partial charge in [0, 0.05) is 62.3 Å². The highest BCUT2D eigenvalue weighted by molar-refractivity contribution is 6.35. The van der Waals surface area contributed by atoms with Crippen molar-refractivity contribution in [2.75, 3.05) is 30.4 Å². The van der Waals surface area contributed by atoms with Crippen molar-refractivity contribution in [2.45, 2.75) is 31.8 Å². The lowest BCUT2D eigenvalue weighted by atomic mass is 9.99. The van der Waals surface area contributed by atoms with Crippen molar-refractivity contribution in [3.05, 3.63) is 118 Å². The van der Waals surface area contributed by atoms with Crippen molar-refractivity contribution in [3.63, 3.8) is 0 Å². The van der Waals surface area contributed by atoms with Gasteiger partial charge in [-0.2, -0.15) is 0 Å². The standard InChI is InChI=1S/C39H35Cl3N6O3/c1-23(29-11-8-25(40)18-31(29)42)48-21-43-36(24-6-4-3-5-7-24)38(48)35-30-12-9-26(41)19-32(30)45-37(35)39(50)46-33-20-28(51-2)10-13-34(33)47-16-14-27(15-17-47)44-22-49/h3-13,18-23,27,45H,14-17H2,1-2H3,(H,44,49)(H,46,50). The average molecular weight is 742 g/mol. The summed E-state index contributed by atoms with van der Waals surface area (Å²) in [6.45, 7) is 3.46. The first kappa shape index (κ1) is 34.5. The number of benzene rings is 4. The number of methoxy groups -OCH3 is 1. The number of fused-ring (bicyclic) bond motifs is 1. The fourth-order valence-electron chi connectivity index (χ4n) is 6.87. The minimum Gasteiger partial charge on any atom is -0.497 e. The number of hydrogen-bond donors (Lipinski definition) is 3. The van der Waals surface area contributed by atoms with Crippen LogP contribution in [0.1, 0.15) is 41.9 Å². The smallest absolute Gasteiger partial charge is 0.272 e. The molecule has 3 N–H and O–H groups in total. The molecule has 4 aromatic carbocycles. The number of nitrogens with zero attached hydrogens (tertiary/aromatic N) is 3. The molecule has 7 rings (SSSR count). The van der Waals surface area contributed by atoms with Crippen LogP contribution in [0.3, 0.4) is 0 Å². The second-order valence-electron chi connectivity index (χ2n) is 12.5. The molecule has 2 aromatic heterocycles. The molecule has 0 spiro atoms. The van der Waals surface area contributed by atoms with Gasteiger partial charge in [-0.1, -0.05) is 77.3 Å². The van der Waals surface area contributed by atoms with Gasteiger partial charge >= 0.3 is 0 Å². The van der Waals surface area contributed by atoms with Crippen LogP contribution in [0, 0.1) is 0 Å². The number of piperidine rings is 1. The number of aromatic nitrogens is 3. The minimum absolute atomic E-state index is 0.115. The summed E-state index contributed by atoms with van der Waals surface area (Å²) in [5, 5.41) is 8.49. The molecule has 0 saturated carbocycles. The lowest BCUT2D eigenvalue weighted by Gasteiger charge is -2.34. The predicted molar refractivity (Wildman–Crippen MR) is 206 cm³/mol. The fraction of sp³-hybridized carbons (Fsp3) is 0.205. The van der Waals surface area contributed by atoms with E-state index < -0.39 is 0 Å². The largest absolute Gasteiger partial charge is 0.497 e. The topological polar surface area (TPSA) is 104 Å². The number of anilines is 2. The van der Waals surface area contributed by atoms with Gasteiger partial charge in [0.1, 0.15) is 11.4 Å². The van der Waals surface area contributed by atoms with Gasteiger partial charge in [0.2, 0.25) is 6.41 Å². The molecule has 51 heavy (non-hydrogen) atoms. The van der Waals surface area contributed by atoms with E-state index in [0.717, 1.165) is 47.1 Å². The summed E-state index contributed by atoms with van der Waals surface area (Å²) >= 11 is 19.5. The quantitative estimate of drug-likeness (QED) is 0.122. The van der Waals surface area contributed by atoms with Gasteiger partial charge in [-0.3, -0.25) is 9.59 Å². The highest BCUT2D eigenvalue weighted by atomic mass is 35.5. The van der Waals surface area contributed by atoms with Gasteiger partial charge in [-0.15, -0.1) is 0 Å². The van der Waals surface area contributed by atoms with Crippen LogP contribution in [0.2, 0.25) is 15.1 Å². The van der Waals surface area contributed by atoms with Crippen molar-refractivity contribution in [1.29, 1.82) is 0 Å². The molecular weight excluding hydrogens is 707 g/mol. The summed E-state index contributed by atoms with van der Waals surface area (Å²) in [4.78, 5) is 36.3. The summed E-state index contributed by atoms with van der Waals surface area (Å²) in [6, 6.07) is 26.3. The highest BCUT2D eigenvalue weighted by Crippen LogP contribution is 2.43. The van der Waals surface area contributed by atoms with E-state index in [1.54, 1.807) is 19.5 Å². The van der Waals surface area contributed by atoms with Gasteiger partial charge in [-0.05, 0) is 61.7 Å². The second kappa shape index (κ2) is 14.7. The van der Waals surface area contributed by atoms with E-state index >= 15 is 0 Å². The first-order valence-corrected chi connectivity index (χ1v) is 17.7. The molecule has 0 bridgehead atoms. The zero-order chi connectivity index (χ0) is 35.6. The Hall–Kier alpha value is -4.96. The molecule has 1 unspecified atom stereocenters. The molecule has 0 aliphatic carbocycles. The number of rotatable bonds is 10. The third-order valence-electron chi connectivity index (χ3n) is 9.49. The molecule has 1 aliphatic rings. The third kappa shape index (κ3) is 6.89. The number of nitrogens with one attached hydrogen (secondary N) is 3.